The highest BCUT2D eigenvalue weighted by molar-refractivity contribution is 7.98. The number of hydrogen-bond donors (Lipinski definition) is 2. The van der Waals surface area contributed by atoms with E-state index in [2.05, 4.69) is 22.8 Å². The molecular formula is C29H25FN2O2S. The summed E-state index contributed by atoms with van der Waals surface area (Å²) in [4.78, 5) is 27.0. The molecule has 0 aromatic heterocycles. The van der Waals surface area contributed by atoms with Crippen molar-refractivity contribution in [1.29, 1.82) is 0 Å². The Morgan fingerprint density at radius 2 is 1.34 bits per heavy atom. The normalized spacial score (nSPS) is 11.5. The first-order valence-electron chi connectivity index (χ1n) is 11.2. The predicted molar refractivity (Wildman–Crippen MR) is 139 cm³/mol. The molecule has 0 bridgehead atoms. The van der Waals surface area contributed by atoms with Gasteiger partial charge in [-0.25, -0.2) is 4.39 Å². The summed E-state index contributed by atoms with van der Waals surface area (Å²) in [6, 6.07) is 31.8. The summed E-state index contributed by atoms with van der Waals surface area (Å²) in [5, 5.41) is 5.70. The van der Waals surface area contributed by atoms with E-state index in [9.17, 15) is 14.0 Å². The van der Waals surface area contributed by atoms with E-state index in [1.54, 1.807) is 11.8 Å². The SMILES string of the molecule is O=C(NC(Cc1ccccc1)C(=O)Nc1ccc(SCc2ccccc2)cc1)c1ccc(F)cc1. The Bertz CT molecular complexity index is 1250. The molecule has 0 saturated carbocycles. The number of hydrogen-bond acceptors (Lipinski definition) is 3. The van der Waals surface area contributed by atoms with Crippen molar-refractivity contribution in [2.24, 2.45) is 0 Å². The molecule has 2 amide bonds. The first kappa shape index (κ1) is 24.2. The maximum atomic E-state index is 13.2. The van der Waals surface area contributed by atoms with Crippen LogP contribution in [0.15, 0.2) is 114 Å². The molecule has 4 aromatic carbocycles. The monoisotopic (exact) mass is 484 g/mol. The van der Waals surface area contributed by atoms with Gasteiger partial charge in [0.05, 0.1) is 0 Å². The molecule has 0 aliphatic heterocycles. The van der Waals surface area contributed by atoms with Gasteiger partial charge in [-0.3, -0.25) is 9.59 Å². The van der Waals surface area contributed by atoms with Crippen LogP contribution in [0.4, 0.5) is 10.1 Å². The molecule has 176 valence electrons. The van der Waals surface area contributed by atoms with Gasteiger partial charge in [0, 0.05) is 28.3 Å². The lowest BCUT2D eigenvalue weighted by Gasteiger charge is -2.19. The van der Waals surface area contributed by atoms with Crippen molar-refractivity contribution < 1.29 is 14.0 Å². The summed E-state index contributed by atoms with van der Waals surface area (Å²) < 4.78 is 13.2. The highest BCUT2D eigenvalue weighted by Gasteiger charge is 2.22. The molecule has 35 heavy (non-hydrogen) atoms. The minimum Gasteiger partial charge on any atom is -0.340 e. The lowest BCUT2D eigenvalue weighted by molar-refractivity contribution is -0.118. The van der Waals surface area contributed by atoms with E-state index in [-0.39, 0.29) is 11.5 Å². The van der Waals surface area contributed by atoms with E-state index in [0.717, 1.165) is 16.2 Å². The number of anilines is 1. The molecule has 4 nitrogen and oxygen atoms in total. The van der Waals surface area contributed by atoms with Gasteiger partial charge >= 0.3 is 0 Å². The Morgan fingerprint density at radius 1 is 0.743 bits per heavy atom. The van der Waals surface area contributed by atoms with Crippen LogP contribution in [0, 0.1) is 5.82 Å². The molecule has 0 saturated heterocycles. The van der Waals surface area contributed by atoms with Crippen molar-refractivity contribution >= 4 is 29.3 Å². The van der Waals surface area contributed by atoms with Crippen LogP contribution < -0.4 is 10.6 Å². The Balaban J connectivity index is 1.42. The standard InChI is InChI=1S/C29H25FN2O2S/c30-24-13-11-23(12-14-24)28(33)32-27(19-21-7-3-1-4-8-21)29(34)31-25-15-17-26(18-16-25)35-20-22-9-5-2-6-10-22/h1-18,27H,19-20H2,(H,31,34)(H,32,33). The number of nitrogens with one attached hydrogen (secondary N) is 2. The zero-order valence-corrected chi connectivity index (χ0v) is 19.8. The molecule has 0 aliphatic carbocycles. The summed E-state index contributed by atoms with van der Waals surface area (Å²) >= 11 is 1.72. The van der Waals surface area contributed by atoms with Crippen LogP contribution in [0.1, 0.15) is 21.5 Å². The molecule has 1 unspecified atom stereocenters. The molecule has 4 rings (SSSR count). The topological polar surface area (TPSA) is 58.2 Å². The van der Waals surface area contributed by atoms with Gasteiger partial charge in [-0.05, 0) is 59.7 Å². The van der Waals surface area contributed by atoms with Crippen LogP contribution in [-0.2, 0) is 17.0 Å². The van der Waals surface area contributed by atoms with Gasteiger partial charge in [0.25, 0.3) is 5.91 Å². The van der Waals surface area contributed by atoms with E-state index < -0.39 is 17.8 Å². The molecule has 2 N–H and O–H groups in total. The molecule has 1 atom stereocenters. The van der Waals surface area contributed by atoms with Crippen LogP contribution in [0.2, 0.25) is 0 Å². The van der Waals surface area contributed by atoms with Gasteiger partial charge in [-0.1, -0.05) is 60.7 Å². The number of halogens is 1. The van der Waals surface area contributed by atoms with E-state index in [0.29, 0.717) is 12.1 Å². The first-order valence-corrected chi connectivity index (χ1v) is 12.2. The fourth-order valence-corrected chi connectivity index (χ4v) is 4.36. The highest BCUT2D eigenvalue weighted by atomic mass is 32.2. The van der Waals surface area contributed by atoms with Crippen LogP contribution >= 0.6 is 11.8 Å². The first-order chi connectivity index (χ1) is 17.1. The molecule has 4 aromatic rings. The zero-order valence-electron chi connectivity index (χ0n) is 19.0. The van der Waals surface area contributed by atoms with Crippen molar-refractivity contribution in [3.8, 4) is 0 Å². The van der Waals surface area contributed by atoms with E-state index in [1.807, 2.05) is 72.8 Å². The third-order valence-electron chi connectivity index (χ3n) is 5.38. The van der Waals surface area contributed by atoms with Gasteiger partial charge in [-0.15, -0.1) is 11.8 Å². The maximum Gasteiger partial charge on any atom is 0.251 e. The number of benzene rings is 4. The van der Waals surface area contributed by atoms with E-state index in [1.165, 1.54) is 29.8 Å². The lowest BCUT2D eigenvalue weighted by atomic mass is 10.0. The third kappa shape index (κ3) is 7.29. The van der Waals surface area contributed by atoms with Crippen molar-refractivity contribution in [2.75, 3.05) is 5.32 Å². The summed E-state index contributed by atoms with van der Waals surface area (Å²) in [6.45, 7) is 0. The van der Waals surface area contributed by atoms with Gasteiger partial charge < -0.3 is 10.6 Å². The van der Waals surface area contributed by atoms with Crippen LogP contribution in [0.25, 0.3) is 0 Å². The summed E-state index contributed by atoms with van der Waals surface area (Å²) in [7, 11) is 0. The predicted octanol–water partition coefficient (Wildman–Crippen LogP) is 6.10. The van der Waals surface area contributed by atoms with Crippen molar-refractivity contribution in [3.05, 3.63) is 132 Å². The van der Waals surface area contributed by atoms with E-state index in [4.69, 9.17) is 0 Å². The molecule has 0 fully saturated rings. The number of carbonyl (C=O) groups is 2. The Hall–Kier alpha value is -3.90. The Morgan fingerprint density at radius 3 is 1.97 bits per heavy atom. The van der Waals surface area contributed by atoms with Gasteiger partial charge in [0.15, 0.2) is 0 Å². The summed E-state index contributed by atoms with van der Waals surface area (Å²) in [5.74, 6) is -0.325. The number of carbonyl (C=O) groups excluding carboxylic acids is 2. The summed E-state index contributed by atoms with van der Waals surface area (Å²) in [5.41, 5.74) is 3.10. The van der Waals surface area contributed by atoms with Gasteiger partial charge in [0.2, 0.25) is 5.91 Å². The largest absolute Gasteiger partial charge is 0.340 e. The minimum absolute atomic E-state index is 0.289. The van der Waals surface area contributed by atoms with Crippen molar-refractivity contribution in [1.82, 2.24) is 5.32 Å². The Labute approximate surface area is 208 Å². The fraction of sp³-hybridized carbons (Fsp3) is 0.103. The van der Waals surface area contributed by atoms with Gasteiger partial charge in [0.1, 0.15) is 11.9 Å². The average molecular weight is 485 g/mol. The van der Waals surface area contributed by atoms with E-state index >= 15 is 0 Å². The average Bonchev–Trinajstić information content (AvgIpc) is 2.89. The molecule has 6 heteroatoms. The smallest absolute Gasteiger partial charge is 0.251 e. The number of rotatable bonds is 9. The molecule has 0 spiro atoms. The molecular weight excluding hydrogens is 459 g/mol. The number of thioether (sulfide) groups is 1. The second-order valence-electron chi connectivity index (χ2n) is 8.01. The molecule has 0 aliphatic rings. The van der Waals surface area contributed by atoms with Crippen molar-refractivity contribution in [3.63, 3.8) is 0 Å². The zero-order chi connectivity index (χ0) is 24.5. The highest BCUT2D eigenvalue weighted by Crippen LogP contribution is 2.24. The molecule has 0 radical (unpaired) electrons. The van der Waals surface area contributed by atoms with Crippen LogP contribution in [-0.4, -0.2) is 17.9 Å². The Kier molecular flexibility index (Phi) is 8.30. The summed E-state index contributed by atoms with van der Waals surface area (Å²) in [6.07, 6.45) is 0.324. The second kappa shape index (κ2) is 12.0. The number of amides is 2. The van der Waals surface area contributed by atoms with Crippen molar-refractivity contribution in [2.45, 2.75) is 23.1 Å². The van der Waals surface area contributed by atoms with Crippen LogP contribution in [0.3, 0.4) is 0 Å². The minimum atomic E-state index is -0.804. The third-order valence-corrected chi connectivity index (χ3v) is 6.46. The van der Waals surface area contributed by atoms with Gasteiger partial charge in [-0.2, -0.15) is 0 Å². The van der Waals surface area contributed by atoms with Crippen LogP contribution in [0.5, 0.6) is 0 Å². The lowest BCUT2D eigenvalue weighted by Crippen LogP contribution is -2.45. The molecule has 0 heterocycles. The second-order valence-corrected chi connectivity index (χ2v) is 9.06. The fourth-order valence-electron chi connectivity index (χ4n) is 3.51. The quantitative estimate of drug-likeness (QED) is 0.282. The maximum absolute atomic E-state index is 13.2.